The highest BCUT2D eigenvalue weighted by Gasteiger charge is 2.52. The molecule has 3 aliphatic rings. The third-order valence-electron chi connectivity index (χ3n) is 11.2. The van der Waals surface area contributed by atoms with Gasteiger partial charge in [-0.2, -0.15) is 5.10 Å². The molecule has 5 aromatic rings. The van der Waals surface area contributed by atoms with E-state index in [1.165, 1.54) is 17.9 Å². The predicted octanol–water partition coefficient (Wildman–Crippen LogP) is 7.88. The van der Waals surface area contributed by atoms with Gasteiger partial charge in [0.1, 0.15) is 17.0 Å². The van der Waals surface area contributed by atoms with E-state index in [4.69, 9.17) is 4.74 Å². The van der Waals surface area contributed by atoms with Gasteiger partial charge in [0.05, 0.1) is 18.8 Å². The van der Waals surface area contributed by atoms with Crippen LogP contribution in [0.4, 0.5) is 24.1 Å². The molecule has 0 bridgehead atoms. The summed E-state index contributed by atoms with van der Waals surface area (Å²) in [6, 6.07) is 27.5. The van der Waals surface area contributed by atoms with Gasteiger partial charge in [0.25, 0.3) is 0 Å². The van der Waals surface area contributed by atoms with Crippen molar-refractivity contribution in [3.63, 3.8) is 0 Å². The van der Waals surface area contributed by atoms with Gasteiger partial charge in [-0.05, 0) is 71.0 Å². The summed E-state index contributed by atoms with van der Waals surface area (Å²) in [5, 5.41) is 17.1. The lowest BCUT2D eigenvalue weighted by atomic mass is 9.77. The van der Waals surface area contributed by atoms with Gasteiger partial charge < -0.3 is 20.1 Å². The lowest BCUT2D eigenvalue weighted by molar-refractivity contribution is 0.0873. The number of rotatable bonds is 9. The lowest BCUT2D eigenvalue weighted by Gasteiger charge is -2.45. The molecule has 0 saturated heterocycles. The first kappa shape index (κ1) is 36.2. The number of anilines is 1. The first-order chi connectivity index (χ1) is 26.5. The molecule has 0 radical (unpaired) electrons. The van der Waals surface area contributed by atoms with E-state index in [9.17, 15) is 23.5 Å². The number of ether oxygens (including phenoxy) is 1. The number of urea groups is 1. The molecule has 3 N–H and O–H groups in total. The number of nitrogens with zero attached hydrogens (tertiary/aromatic N) is 4. The molecule has 3 atom stereocenters. The largest absolute Gasteiger partial charge is 0.475 e. The van der Waals surface area contributed by atoms with Crippen LogP contribution < -0.4 is 10.1 Å². The summed E-state index contributed by atoms with van der Waals surface area (Å²) < 4.78 is 63.8. The van der Waals surface area contributed by atoms with Crippen molar-refractivity contribution in [1.29, 1.82) is 4.78 Å². The van der Waals surface area contributed by atoms with Crippen LogP contribution in [0.3, 0.4) is 0 Å². The van der Waals surface area contributed by atoms with Crippen LogP contribution in [0.1, 0.15) is 57.7 Å². The fourth-order valence-corrected chi connectivity index (χ4v) is 10.3. The van der Waals surface area contributed by atoms with Crippen LogP contribution in [0, 0.1) is 4.78 Å². The molecule has 284 valence electrons. The van der Waals surface area contributed by atoms with Crippen molar-refractivity contribution >= 4 is 27.7 Å². The first-order valence-electron chi connectivity index (χ1n) is 18.2. The number of benzene rings is 4. The monoisotopic (exact) mass is 766 g/mol. The highest BCUT2D eigenvalue weighted by atomic mass is 32.2. The summed E-state index contributed by atoms with van der Waals surface area (Å²) in [7, 11) is -3.09. The van der Waals surface area contributed by atoms with Crippen molar-refractivity contribution in [3.8, 4) is 5.88 Å². The van der Waals surface area contributed by atoms with E-state index in [0.29, 0.717) is 40.8 Å². The Morgan fingerprint density at radius 3 is 2.13 bits per heavy atom. The van der Waals surface area contributed by atoms with Crippen LogP contribution in [-0.4, -0.2) is 66.5 Å². The molecular weight excluding hydrogens is 727 g/mol. The number of amides is 3. The standard InChI is InChI=1S/C41H40F2N6O5S/c1-47(40(51)52)31-24-48-38(54-25-31)34(23-45-48)55(44,53)49(39(50)46-36-32-19-11-12-26(32)22-27-20-21-33(35(27)36)37(42)43)41(28-13-5-2-6-14-28,29-15-7-3-8-16-29)30-17-9-4-10-18-30/h2-10,13-18,22-23,31,33,37,44H,11-12,19-21,24-25H2,1H3,(H,46,50)(H,51,52)/t31-,33?,55?/m0/s1. The third kappa shape index (κ3) is 5.99. The number of likely N-dealkylation sites (N-methyl/N-ethyl adjacent to an activating group) is 1. The van der Waals surface area contributed by atoms with Gasteiger partial charge in [-0.15, -0.1) is 0 Å². The van der Waals surface area contributed by atoms with Crippen LogP contribution in [-0.2, 0) is 41.3 Å². The van der Waals surface area contributed by atoms with Crippen LogP contribution in [0.25, 0.3) is 0 Å². The van der Waals surface area contributed by atoms with Gasteiger partial charge in [-0.25, -0.2) is 36.3 Å². The summed E-state index contributed by atoms with van der Waals surface area (Å²) >= 11 is 0. The van der Waals surface area contributed by atoms with Crippen molar-refractivity contribution < 1.29 is 32.4 Å². The summed E-state index contributed by atoms with van der Waals surface area (Å²) in [6.07, 6.45) is 0.181. The lowest BCUT2D eigenvalue weighted by Crippen LogP contribution is -2.55. The molecule has 55 heavy (non-hydrogen) atoms. The fourth-order valence-electron chi connectivity index (χ4n) is 8.55. The van der Waals surface area contributed by atoms with E-state index >= 15 is 9.00 Å². The van der Waals surface area contributed by atoms with Crippen molar-refractivity contribution in [3.05, 3.63) is 142 Å². The predicted molar refractivity (Wildman–Crippen MR) is 202 cm³/mol. The molecule has 1 aliphatic heterocycles. The number of fused-ring (bicyclic) bond motifs is 3. The topological polar surface area (TPSA) is 141 Å². The normalized spacial score (nSPS) is 18.4. The Kier molecular flexibility index (Phi) is 9.32. The van der Waals surface area contributed by atoms with Crippen LogP contribution in [0.15, 0.2) is 108 Å². The average Bonchev–Trinajstić information content (AvgIpc) is 3.96. The first-order valence-corrected chi connectivity index (χ1v) is 19.7. The maximum absolute atomic E-state index is 16.0. The van der Waals surface area contributed by atoms with Gasteiger partial charge in [0.15, 0.2) is 9.92 Å². The minimum Gasteiger partial charge on any atom is -0.475 e. The van der Waals surface area contributed by atoms with E-state index in [1.54, 1.807) is 72.8 Å². The van der Waals surface area contributed by atoms with E-state index < -0.39 is 46.0 Å². The number of carbonyl (C=O) groups is 2. The second kappa shape index (κ2) is 14.1. The van der Waals surface area contributed by atoms with Crippen molar-refractivity contribution in [2.24, 2.45) is 0 Å². The molecule has 0 spiro atoms. The molecule has 0 fully saturated rings. The number of hydrogen-bond acceptors (Lipinski definition) is 6. The third-order valence-corrected chi connectivity index (χ3v) is 13.0. The summed E-state index contributed by atoms with van der Waals surface area (Å²) in [6.45, 7) is -0.0555. The molecule has 2 unspecified atom stereocenters. The summed E-state index contributed by atoms with van der Waals surface area (Å²) in [5.41, 5.74) is 3.03. The maximum atomic E-state index is 16.0. The van der Waals surface area contributed by atoms with Gasteiger partial charge in [-0.3, -0.25) is 0 Å². The number of aromatic nitrogens is 2. The molecule has 2 aliphatic carbocycles. The summed E-state index contributed by atoms with van der Waals surface area (Å²) in [4.78, 5) is 28.3. The van der Waals surface area contributed by atoms with Crippen LogP contribution in [0.2, 0.25) is 0 Å². The van der Waals surface area contributed by atoms with Gasteiger partial charge in [0, 0.05) is 18.7 Å². The van der Waals surface area contributed by atoms with Crippen molar-refractivity contribution in [2.75, 3.05) is 19.0 Å². The SMILES string of the molecule is CN(C(=O)O)[C@@H]1COc2c(S(=N)(=O)N(C(=O)Nc3c4c(cc5c3C(C(F)F)CC5)CCC4)C(c3ccccc3)(c3ccccc3)c3ccccc3)cnn2C1. The van der Waals surface area contributed by atoms with Crippen LogP contribution in [0.5, 0.6) is 5.88 Å². The van der Waals surface area contributed by atoms with Crippen molar-refractivity contribution in [1.82, 2.24) is 19.0 Å². The molecule has 11 nitrogen and oxygen atoms in total. The minimum absolute atomic E-state index is 0.0322. The molecular formula is C41H40F2N6O5S. The second-order valence-electron chi connectivity index (χ2n) is 14.2. The number of alkyl halides is 2. The van der Waals surface area contributed by atoms with Crippen molar-refractivity contribution in [2.45, 2.75) is 67.5 Å². The molecule has 2 heterocycles. The zero-order valence-corrected chi connectivity index (χ0v) is 30.8. The summed E-state index contributed by atoms with van der Waals surface area (Å²) in [5.74, 6) is -1.13. The highest BCUT2D eigenvalue weighted by molar-refractivity contribution is 7.90. The number of aryl methyl sites for hydroxylation is 2. The van der Waals surface area contributed by atoms with E-state index in [1.807, 2.05) is 24.3 Å². The maximum Gasteiger partial charge on any atom is 0.407 e. The number of hydrogen-bond donors (Lipinski definition) is 3. The van der Waals surface area contributed by atoms with Gasteiger partial charge in [0.2, 0.25) is 12.3 Å². The van der Waals surface area contributed by atoms with E-state index in [2.05, 4.69) is 10.4 Å². The smallest absolute Gasteiger partial charge is 0.407 e. The Morgan fingerprint density at radius 2 is 1.56 bits per heavy atom. The Hall–Kier alpha value is -5.76. The van der Waals surface area contributed by atoms with E-state index in [-0.39, 0.29) is 30.3 Å². The molecule has 3 amide bonds. The Bertz CT molecular complexity index is 2260. The minimum atomic E-state index is -4.50. The van der Waals surface area contributed by atoms with Gasteiger partial charge >= 0.3 is 12.1 Å². The Morgan fingerprint density at radius 1 is 0.964 bits per heavy atom. The second-order valence-corrected chi connectivity index (χ2v) is 16.1. The average molecular weight is 767 g/mol. The number of carboxylic acid groups (broad SMARTS) is 1. The number of carbonyl (C=O) groups excluding carboxylic acids is 1. The number of nitrogens with one attached hydrogen (secondary N) is 2. The molecule has 0 saturated carbocycles. The molecule has 1 aromatic heterocycles. The fraction of sp³-hybridized carbons (Fsp3) is 0.293. The Balaban J connectivity index is 1.38. The number of halogens is 2. The van der Waals surface area contributed by atoms with Gasteiger partial charge in [-0.1, -0.05) is 97.1 Å². The Labute approximate surface area is 317 Å². The quantitative estimate of drug-likeness (QED) is 0.130. The van der Waals surface area contributed by atoms with Crippen LogP contribution >= 0.6 is 0 Å². The highest BCUT2D eigenvalue weighted by Crippen LogP contribution is 2.50. The molecule has 8 rings (SSSR count). The zero-order chi connectivity index (χ0) is 38.5. The van der Waals surface area contributed by atoms with E-state index in [0.717, 1.165) is 38.7 Å². The zero-order valence-electron chi connectivity index (χ0n) is 30.0. The molecule has 4 aromatic carbocycles. The molecule has 14 heteroatoms.